The van der Waals surface area contributed by atoms with Gasteiger partial charge in [0.15, 0.2) is 0 Å². The molecule has 2 rings (SSSR count). The molecule has 6 heteroatoms. The Hall–Kier alpha value is -3.59. The highest BCUT2D eigenvalue weighted by molar-refractivity contribution is 6.10. The molecule has 0 aliphatic rings. The lowest BCUT2D eigenvalue weighted by molar-refractivity contribution is -0.112. The fourth-order valence-corrected chi connectivity index (χ4v) is 1.98. The Morgan fingerprint density at radius 1 is 1.17 bits per heavy atom. The summed E-state index contributed by atoms with van der Waals surface area (Å²) in [6.07, 6.45) is 1.43. The van der Waals surface area contributed by atoms with Crippen molar-refractivity contribution in [2.45, 2.75) is 0 Å². The Bertz CT molecular complexity index is 833. The number of anilines is 1. The first kappa shape index (κ1) is 16.8. The Morgan fingerprint density at radius 2 is 1.83 bits per heavy atom. The predicted octanol–water partition coefficient (Wildman–Crippen LogP) is 2.94. The van der Waals surface area contributed by atoms with Crippen LogP contribution in [0.3, 0.4) is 0 Å². The van der Waals surface area contributed by atoms with E-state index in [0.29, 0.717) is 17.0 Å². The van der Waals surface area contributed by atoms with Crippen molar-refractivity contribution >= 4 is 23.6 Å². The maximum atomic E-state index is 12.2. The normalized spacial score (nSPS) is 10.6. The maximum absolute atomic E-state index is 12.2. The molecule has 0 saturated heterocycles. The van der Waals surface area contributed by atoms with E-state index in [9.17, 15) is 14.9 Å². The molecule has 0 radical (unpaired) electrons. The number of para-hydroxylation sites is 1. The SMILES string of the molecule is COc1ccccc1/C=C(/C#N)C(=O)Nc1ccc(C(=O)O)cc1. The molecule has 0 bridgehead atoms. The second-order valence-corrected chi connectivity index (χ2v) is 4.75. The Kier molecular flexibility index (Phi) is 5.32. The first-order chi connectivity index (χ1) is 11.5. The van der Waals surface area contributed by atoms with E-state index in [0.717, 1.165) is 0 Å². The van der Waals surface area contributed by atoms with E-state index < -0.39 is 11.9 Å². The molecule has 0 aliphatic carbocycles. The summed E-state index contributed by atoms with van der Waals surface area (Å²) in [6, 6.07) is 14.5. The van der Waals surface area contributed by atoms with Crippen LogP contribution < -0.4 is 10.1 Å². The van der Waals surface area contributed by atoms with E-state index in [1.54, 1.807) is 24.3 Å². The minimum absolute atomic E-state index is 0.0955. The monoisotopic (exact) mass is 322 g/mol. The van der Waals surface area contributed by atoms with Gasteiger partial charge in [0.2, 0.25) is 0 Å². The van der Waals surface area contributed by atoms with Crippen LogP contribution in [0.5, 0.6) is 5.75 Å². The van der Waals surface area contributed by atoms with Gasteiger partial charge in [0.05, 0.1) is 12.7 Å². The summed E-state index contributed by atoms with van der Waals surface area (Å²) in [5, 5.41) is 20.6. The highest BCUT2D eigenvalue weighted by Gasteiger charge is 2.11. The van der Waals surface area contributed by atoms with Crippen LogP contribution in [0.1, 0.15) is 15.9 Å². The Balaban J connectivity index is 2.21. The first-order valence-corrected chi connectivity index (χ1v) is 6.94. The van der Waals surface area contributed by atoms with Crippen LogP contribution in [0.25, 0.3) is 6.08 Å². The van der Waals surface area contributed by atoms with Crippen molar-refractivity contribution in [2.24, 2.45) is 0 Å². The van der Waals surface area contributed by atoms with E-state index >= 15 is 0 Å². The lowest BCUT2D eigenvalue weighted by Crippen LogP contribution is -2.13. The zero-order chi connectivity index (χ0) is 17.5. The number of carbonyl (C=O) groups is 2. The summed E-state index contributed by atoms with van der Waals surface area (Å²) >= 11 is 0. The number of carbonyl (C=O) groups excluding carboxylic acids is 1. The third-order valence-electron chi connectivity index (χ3n) is 3.19. The number of nitrogens with zero attached hydrogens (tertiary/aromatic N) is 1. The first-order valence-electron chi connectivity index (χ1n) is 6.94. The number of rotatable bonds is 5. The van der Waals surface area contributed by atoms with Crippen LogP contribution in [0.15, 0.2) is 54.1 Å². The zero-order valence-electron chi connectivity index (χ0n) is 12.8. The molecule has 1 amide bonds. The summed E-state index contributed by atoms with van der Waals surface area (Å²) in [6.45, 7) is 0. The molecular formula is C18H14N2O4. The molecular weight excluding hydrogens is 308 g/mol. The van der Waals surface area contributed by atoms with E-state index in [4.69, 9.17) is 9.84 Å². The van der Waals surface area contributed by atoms with E-state index in [1.807, 2.05) is 6.07 Å². The number of amides is 1. The third kappa shape index (κ3) is 3.99. The molecule has 0 unspecified atom stereocenters. The number of benzene rings is 2. The van der Waals surface area contributed by atoms with Crippen molar-refractivity contribution in [3.63, 3.8) is 0 Å². The highest BCUT2D eigenvalue weighted by Crippen LogP contribution is 2.21. The number of methoxy groups -OCH3 is 1. The van der Waals surface area contributed by atoms with Crippen LogP contribution in [-0.4, -0.2) is 24.1 Å². The Morgan fingerprint density at radius 3 is 2.42 bits per heavy atom. The summed E-state index contributed by atoms with van der Waals surface area (Å²) in [5.74, 6) is -1.10. The quantitative estimate of drug-likeness (QED) is 0.651. The summed E-state index contributed by atoms with van der Waals surface area (Å²) in [4.78, 5) is 23.0. The molecule has 2 aromatic rings. The van der Waals surface area contributed by atoms with Gasteiger partial charge in [-0.1, -0.05) is 18.2 Å². The fraction of sp³-hybridized carbons (Fsp3) is 0.0556. The maximum Gasteiger partial charge on any atom is 0.335 e. The highest BCUT2D eigenvalue weighted by atomic mass is 16.5. The molecule has 0 heterocycles. The number of aromatic carboxylic acids is 1. The van der Waals surface area contributed by atoms with E-state index in [1.165, 1.54) is 37.5 Å². The second kappa shape index (κ2) is 7.61. The minimum atomic E-state index is -1.05. The summed E-state index contributed by atoms with van der Waals surface area (Å²) < 4.78 is 5.18. The molecule has 0 aromatic heterocycles. The molecule has 24 heavy (non-hydrogen) atoms. The van der Waals surface area contributed by atoms with Crippen LogP contribution in [0, 0.1) is 11.3 Å². The third-order valence-corrected chi connectivity index (χ3v) is 3.19. The Labute approximate surface area is 138 Å². The van der Waals surface area contributed by atoms with Gasteiger partial charge in [-0.05, 0) is 36.4 Å². The second-order valence-electron chi connectivity index (χ2n) is 4.75. The number of carboxylic acids is 1. The van der Waals surface area contributed by atoms with Gasteiger partial charge in [0.1, 0.15) is 17.4 Å². The number of hydrogen-bond donors (Lipinski definition) is 2. The smallest absolute Gasteiger partial charge is 0.335 e. The molecule has 2 N–H and O–H groups in total. The van der Waals surface area contributed by atoms with Crippen molar-refractivity contribution in [3.05, 3.63) is 65.2 Å². The molecule has 0 fully saturated rings. The molecule has 0 aliphatic heterocycles. The van der Waals surface area contributed by atoms with Crippen LogP contribution >= 0.6 is 0 Å². The van der Waals surface area contributed by atoms with Crippen LogP contribution in [0.2, 0.25) is 0 Å². The number of nitrogens with one attached hydrogen (secondary N) is 1. The van der Waals surface area contributed by atoms with Crippen molar-refractivity contribution < 1.29 is 19.4 Å². The molecule has 120 valence electrons. The van der Waals surface area contributed by atoms with Crippen LogP contribution in [0.4, 0.5) is 5.69 Å². The van der Waals surface area contributed by atoms with Crippen molar-refractivity contribution in [1.29, 1.82) is 5.26 Å². The number of nitriles is 1. The van der Waals surface area contributed by atoms with E-state index in [2.05, 4.69) is 5.32 Å². The number of carboxylic acid groups (broad SMARTS) is 1. The van der Waals surface area contributed by atoms with Gasteiger partial charge >= 0.3 is 5.97 Å². The average molecular weight is 322 g/mol. The average Bonchev–Trinajstić information content (AvgIpc) is 2.60. The van der Waals surface area contributed by atoms with E-state index in [-0.39, 0.29) is 11.1 Å². The number of hydrogen-bond acceptors (Lipinski definition) is 4. The predicted molar refractivity (Wildman–Crippen MR) is 88.6 cm³/mol. The van der Waals surface area contributed by atoms with Gasteiger partial charge in [0, 0.05) is 11.3 Å². The van der Waals surface area contributed by atoms with Crippen molar-refractivity contribution in [1.82, 2.24) is 0 Å². The largest absolute Gasteiger partial charge is 0.496 e. The lowest BCUT2D eigenvalue weighted by atomic mass is 10.1. The fourth-order valence-electron chi connectivity index (χ4n) is 1.98. The van der Waals surface area contributed by atoms with Gasteiger partial charge in [-0.15, -0.1) is 0 Å². The molecule has 0 saturated carbocycles. The summed E-state index contributed by atoms with van der Waals surface area (Å²) in [5.41, 5.74) is 1.01. The topological polar surface area (TPSA) is 99.4 Å². The number of ether oxygens (including phenoxy) is 1. The van der Waals surface area contributed by atoms with Gasteiger partial charge in [0.25, 0.3) is 5.91 Å². The van der Waals surface area contributed by atoms with Gasteiger partial charge in [-0.3, -0.25) is 4.79 Å². The molecule has 6 nitrogen and oxygen atoms in total. The van der Waals surface area contributed by atoms with Gasteiger partial charge in [-0.25, -0.2) is 4.79 Å². The van der Waals surface area contributed by atoms with Gasteiger partial charge in [-0.2, -0.15) is 5.26 Å². The van der Waals surface area contributed by atoms with Gasteiger partial charge < -0.3 is 15.2 Å². The van der Waals surface area contributed by atoms with Crippen molar-refractivity contribution in [3.8, 4) is 11.8 Å². The lowest BCUT2D eigenvalue weighted by Gasteiger charge is -2.06. The zero-order valence-corrected chi connectivity index (χ0v) is 12.8. The van der Waals surface area contributed by atoms with Crippen molar-refractivity contribution in [2.75, 3.05) is 12.4 Å². The molecule has 2 aromatic carbocycles. The standard InChI is InChI=1S/C18H14N2O4/c1-24-16-5-3-2-4-13(16)10-14(11-19)17(21)20-15-8-6-12(7-9-15)18(22)23/h2-10H,1H3,(H,20,21)(H,22,23)/b14-10-. The molecule has 0 atom stereocenters. The van der Waals surface area contributed by atoms with Crippen LogP contribution in [-0.2, 0) is 4.79 Å². The summed E-state index contributed by atoms with van der Waals surface area (Å²) in [7, 11) is 1.50. The minimum Gasteiger partial charge on any atom is -0.496 e. The molecule has 0 spiro atoms.